The zero-order chi connectivity index (χ0) is 8.27. The minimum Gasteiger partial charge on any atom is -0.469 e. The molecule has 3 nitrogen and oxygen atoms in total. The number of esters is 1. The first-order valence-electron chi connectivity index (χ1n) is 4.07. The Bertz CT molecular complexity index is 152. The van der Waals surface area contributed by atoms with Crippen molar-refractivity contribution in [2.45, 2.75) is 25.8 Å². The maximum atomic E-state index is 11.1. The quantitative estimate of drug-likeness (QED) is 0.631. The molecular weight excluding hydrogens is 178 g/mol. The molecule has 4 heteroatoms. The molecule has 0 amide bonds. The van der Waals surface area contributed by atoms with Crippen LogP contribution < -0.4 is 5.32 Å². The molecule has 1 N–H and O–H groups in total. The van der Waals surface area contributed by atoms with Gasteiger partial charge in [0.15, 0.2) is 0 Å². The number of hydrogen-bond acceptors (Lipinski definition) is 3. The number of rotatable bonds is 1. The Morgan fingerprint density at radius 3 is 2.75 bits per heavy atom. The number of hydrogen-bond donors (Lipinski definition) is 1. The molecular formula is C8H16ClNO2. The van der Waals surface area contributed by atoms with Crippen molar-refractivity contribution in [2.75, 3.05) is 13.7 Å². The third-order valence-corrected chi connectivity index (χ3v) is 2.27. The molecule has 2 atom stereocenters. The molecule has 0 aliphatic carbocycles. The first-order valence-corrected chi connectivity index (χ1v) is 4.07. The van der Waals surface area contributed by atoms with Crippen LogP contribution in [0, 0.1) is 5.92 Å². The summed E-state index contributed by atoms with van der Waals surface area (Å²) in [6.07, 6.45) is 2.03. The van der Waals surface area contributed by atoms with Gasteiger partial charge in [0, 0.05) is 6.04 Å². The van der Waals surface area contributed by atoms with Crippen molar-refractivity contribution >= 4 is 18.4 Å². The summed E-state index contributed by atoms with van der Waals surface area (Å²) in [6, 6.07) is 0.274. The molecule has 0 aromatic heterocycles. The summed E-state index contributed by atoms with van der Waals surface area (Å²) < 4.78 is 4.68. The largest absolute Gasteiger partial charge is 0.469 e. The van der Waals surface area contributed by atoms with Gasteiger partial charge in [-0.25, -0.2) is 0 Å². The maximum Gasteiger partial charge on any atom is 0.310 e. The highest BCUT2D eigenvalue weighted by Gasteiger charge is 2.27. The Morgan fingerprint density at radius 2 is 2.25 bits per heavy atom. The van der Waals surface area contributed by atoms with E-state index in [0.29, 0.717) is 0 Å². The lowest BCUT2D eigenvalue weighted by atomic mass is 9.92. The number of nitrogens with one attached hydrogen (secondary N) is 1. The van der Waals surface area contributed by atoms with E-state index in [9.17, 15) is 4.79 Å². The molecule has 0 spiro atoms. The molecule has 1 aliphatic heterocycles. The first-order chi connectivity index (χ1) is 5.25. The molecule has 12 heavy (non-hydrogen) atoms. The van der Waals surface area contributed by atoms with E-state index in [1.165, 1.54) is 7.11 Å². The van der Waals surface area contributed by atoms with Gasteiger partial charge in [-0.1, -0.05) is 0 Å². The van der Waals surface area contributed by atoms with E-state index >= 15 is 0 Å². The molecule has 0 aromatic carbocycles. The highest BCUT2D eigenvalue weighted by Crippen LogP contribution is 2.16. The predicted octanol–water partition coefficient (Wildman–Crippen LogP) is 0.969. The summed E-state index contributed by atoms with van der Waals surface area (Å²) in [6.45, 7) is 3.05. The van der Waals surface area contributed by atoms with Crippen molar-refractivity contribution in [1.29, 1.82) is 0 Å². The van der Waals surface area contributed by atoms with Crippen LogP contribution in [0.25, 0.3) is 0 Å². The molecule has 1 heterocycles. The van der Waals surface area contributed by atoms with Crippen molar-refractivity contribution in [3.8, 4) is 0 Å². The number of methoxy groups -OCH3 is 1. The van der Waals surface area contributed by atoms with Crippen LogP contribution in [0.3, 0.4) is 0 Å². The van der Waals surface area contributed by atoms with Crippen LogP contribution in [-0.4, -0.2) is 25.7 Å². The van der Waals surface area contributed by atoms with Crippen LogP contribution >= 0.6 is 12.4 Å². The fourth-order valence-electron chi connectivity index (χ4n) is 1.52. The number of halogens is 1. The second kappa shape index (κ2) is 5.38. The van der Waals surface area contributed by atoms with Gasteiger partial charge >= 0.3 is 5.97 Å². The van der Waals surface area contributed by atoms with Crippen molar-refractivity contribution in [3.63, 3.8) is 0 Å². The highest BCUT2D eigenvalue weighted by atomic mass is 35.5. The Morgan fingerprint density at radius 1 is 1.58 bits per heavy atom. The number of ether oxygens (including phenoxy) is 1. The fraction of sp³-hybridized carbons (Fsp3) is 0.875. The second-order valence-corrected chi connectivity index (χ2v) is 3.01. The Balaban J connectivity index is 0.00000121. The number of carbonyl (C=O) groups excluding carboxylic acids is 1. The summed E-state index contributed by atoms with van der Waals surface area (Å²) in [5.74, 6) is -0.0153. The molecule has 1 fully saturated rings. The third kappa shape index (κ3) is 2.64. The van der Waals surface area contributed by atoms with E-state index in [2.05, 4.69) is 10.1 Å². The van der Waals surface area contributed by atoms with Gasteiger partial charge in [-0.3, -0.25) is 4.79 Å². The Kier molecular flexibility index (Phi) is 5.25. The molecule has 0 unspecified atom stereocenters. The molecule has 0 radical (unpaired) electrons. The standard InChI is InChI=1S/C8H15NO2.ClH/c1-6-7(8(10)11-2)4-3-5-9-6;/h6-7,9H,3-5H2,1-2H3;1H/t6-,7+;/m0./s1. The minimum atomic E-state index is -0.0790. The van der Waals surface area contributed by atoms with Gasteiger partial charge in [-0.15, -0.1) is 12.4 Å². The zero-order valence-electron chi connectivity index (χ0n) is 7.50. The summed E-state index contributed by atoms with van der Waals surface area (Å²) in [7, 11) is 1.45. The highest BCUT2D eigenvalue weighted by molar-refractivity contribution is 5.85. The summed E-state index contributed by atoms with van der Waals surface area (Å²) in [5.41, 5.74) is 0. The van der Waals surface area contributed by atoms with Gasteiger partial charge in [-0.05, 0) is 26.3 Å². The number of carbonyl (C=O) groups is 1. The van der Waals surface area contributed by atoms with E-state index in [0.717, 1.165) is 19.4 Å². The lowest BCUT2D eigenvalue weighted by molar-refractivity contribution is -0.147. The summed E-state index contributed by atoms with van der Waals surface area (Å²) >= 11 is 0. The lowest BCUT2D eigenvalue weighted by Crippen LogP contribution is -2.43. The lowest BCUT2D eigenvalue weighted by Gasteiger charge is -2.27. The van der Waals surface area contributed by atoms with Gasteiger partial charge in [0.2, 0.25) is 0 Å². The monoisotopic (exact) mass is 193 g/mol. The van der Waals surface area contributed by atoms with E-state index in [1.807, 2.05) is 6.92 Å². The van der Waals surface area contributed by atoms with Gasteiger partial charge in [-0.2, -0.15) is 0 Å². The Hall–Kier alpha value is -0.280. The van der Waals surface area contributed by atoms with Crippen LogP contribution in [-0.2, 0) is 9.53 Å². The molecule has 0 aromatic rings. The average molecular weight is 194 g/mol. The fourth-order valence-corrected chi connectivity index (χ4v) is 1.52. The minimum absolute atomic E-state index is 0. The van der Waals surface area contributed by atoms with Crippen LogP contribution in [0.1, 0.15) is 19.8 Å². The van der Waals surface area contributed by atoms with Crippen molar-refractivity contribution in [3.05, 3.63) is 0 Å². The average Bonchev–Trinajstić information content (AvgIpc) is 2.04. The van der Waals surface area contributed by atoms with Crippen LogP contribution in [0.2, 0.25) is 0 Å². The van der Waals surface area contributed by atoms with E-state index < -0.39 is 0 Å². The van der Waals surface area contributed by atoms with Gasteiger partial charge in [0.05, 0.1) is 13.0 Å². The van der Waals surface area contributed by atoms with Gasteiger partial charge < -0.3 is 10.1 Å². The van der Waals surface area contributed by atoms with Crippen molar-refractivity contribution in [1.82, 2.24) is 5.32 Å². The van der Waals surface area contributed by atoms with Crippen LogP contribution in [0.5, 0.6) is 0 Å². The molecule has 0 bridgehead atoms. The topological polar surface area (TPSA) is 38.3 Å². The molecule has 1 rings (SSSR count). The predicted molar refractivity (Wildman–Crippen MR) is 49.5 cm³/mol. The molecule has 1 aliphatic rings. The Labute approximate surface area is 79.3 Å². The van der Waals surface area contributed by atoms with Crippen molar-refractivity contribution in [2.24, 2.45) is 5.92 Å². The molecule has 1 saturated heterocycles. The van der Waals surface area contributed by atoms with E-state index in [1.54, 1.807) is 0 Å². The molecule has 72 valence electrons. The first kappa shape index (κ1) is 11.7. The summed E-state index contributed by atoms with van der Waals surface area (Å²) in [5, 5.41) is 3.25. The maximum absolute atomic E-state index is 11.1. The van der Waals surface area contributed by atoms with Gasteiger partial charge in [0.25, 0.3) is 0 Å². The second-order valence-electron chi connectivity index (χ2n) is 3.01. The van der Waals surface area contributed by atoms with Crippen molar-refractivity contribution < 1.29 is 9.53 Å². The van der Waals surface area contributed by atoms with Gasteiger partial charge in [0.1, 0.15) is 0 Å². The van der Waals surface area contributed by atoms with E-state index in [4.69, 9.17) is 0 Å². The van der Waals surface area contributed by atoms with E-state index in [-0.39, 0.29) is 30.3 Å². The zero-order valence-corrected chi connectivity index (χ0v) is 8.32. The number of piperidine rings is 1. The van der Waals surface area contributed by atoms with Crippen LogP contribution in [0.4, 0.5) is 0 Å². The van der Waals surface area contributed by atoms with Crippen LogP contribution in [0.15, 0.2) is 0 Å². The third-order valence-electron chi connectivity index (χ3n) is 2.27. The SMILES string of the molecule is COC(=O)[C@@H]1CCCN[C@H]1C.Cl. The normalized spacial score (nSPS) is 28.8. The smallest absolute Gasteiger partial charge is 0.310 e. The summed E-state index contributed by atoms with van der Waals surface area (Å²) in [4.78, 5) is 11.1. The molecule has 0 saturated carbocycles.